The minimum Gasteiger partial charge on any atom is -0.382 e. The van der Waals surface area contributed by atoms with Crippen LogP contribution < -0.4 is 11.1 Å². The summed E-state index contributed by atoms with van der Waals surface area (Å²) in [5.74, 6) is -1.56. The number of nitrogens with one attached hydrogen (secondary N) is 1. The van der Waals surface area contributed by atoms with Gasteiger partial charge in [-0.2, -0.15) is 13.2 Å². The van der Waals surface area contributed by atoms with Crippen molar-refractivity contribution in [2.45, 2.75) is 18.8 Å². The molecular weight excluding hydrogens is 268 g/mol. The molecule has 4 nitrogen and oxygen atoms in total. The van der Waals surface area contributed by atoms with E-state index in [1.165, 1.54) is 12.1 Å². The Kier molecular flexibility index (Phi) is 4.84. The molecule has 1 aromatic carbocycles. The summed E-state index contributed by atoms with van der Waals surface area (Å²) in [6, 6.07) is 3.41. The van der Waals surface area contributed by atoms with E-state index in [1.807, 2.05) is 0 Å². The maximum absolute atomic E-state index is 13.4. The second kappa shape index (κ2) is 5.98. The van der Waals surface area contributed by atoms with Crippen LogP contribution in [0.3, 0.4) is 0 Å². The number of amides is 1. The minimum absolute atomic E-state index is 0.0309. The third kappa shape index (κ3) is 4.49. The summed E-state index contributed by atoms with van der Waals surface area (Å²) in [5.41, 5.74) is 4.98. The molecule has 1 amide bonds. The number of hydrogen-bond donors (Lipinski definition) is 3. The molecule has 0 aliphatic heterocycles. The number of primary amides is 1. The van der Waals surface area contributed by atoms with Gasteiger partial charge in [0.25, 0.3) is 0 Å². The summed E-state index contributed by atoms with van der Waals surface area (Å²) in [5, 5.41) is 11.0. The fraction of sp³-hybridized carbons (Fsp3) is 0.364. The minimum atomic E-state index is -4.72. The summed E-state index contributed by atoms with van der Waals surface area (Å²) in [7, 11) is 0. The molecule has 1 aromatic rings. The number of carbonyl (C=O) groups excluding carboxylic acids is 1. The Morgan fingerprint density at radius 3 is 2.53 bits per heavy atom. The Morgan fingerprint density at radius 1 is 1.42 bits per heavy atom. The highest BCUT2D eigenvalue weighted by Gasteiger charge is 2.37. The number of halogens is 4. The van der Waals surface area contributed by atoms with Crippen LogP contribution in [-0.2, 0) is 6.54 Å². The fourth-order valence-electron chi connectivity index (χ4n) is 1.30. The van der Waals surface area contributed by atoms with Crippen LogP contribution in [-0.4, -0.2) is 29.8 Å². The summed E-state index contributed by atoms with van der Waals surface area (Å²) in [6.07, 6.45) is -7.23. The predicted octanol–water partition coefficient (Wildman–Crippen LogP) is 0.937. The van der Waals surface area contributed by atoms with Crippen LogP contribution in [0.4, 0.5) is 17.6 Å². The molecule has 0 saturated heterocycles. The zero-order chi connectivity index (χ0) is 14.6. The maximum atomic E-state index is 13.4. The van der Waals surface area contributed by atoms with Gasteiger partial charge in [0.05, 0.1) is 0 Å². The van der Waals surface area contributed by atoms with Crippen molar-refractivity contribution in [3.8, 4) is 0 Å². The van der Waals surface area contributed by atoms with Crippen LogP contribution in [0.25, 0.3) is 0 Å². The molecular formula is C11H12F4N2O2. The lowest BCUT2D eigenvalue weighted by Gasteiger charge is -2.15. The highest BCUT2D eigenvalue weighted by Crippen LogP contribution is 2.19. The van der Waals surface area contributed by atoms with E-state index in [2.05, 4.69) is 5.32 Å². The standard InChI is InChI=1S/C11H12F4N2O2/c12-8-3-6(10(16)19)1-2-7(8)4-17-5-9(18)11(13,14)15/h1-3,9,17-18H,4-5H2,(H2,16,19). The van der Waals surface area contributed by atoms with Gasteiger partial charge in [-0.05, 0) is 12.1 Å². The molecule has 106 valence electrons. The van der Waals surface area contributed by atoms with Gasteiger partial charge in [-0.25, -0.2) is 4.39 Å². The molecule has 0 fully saturated rings. The summed E-state index contributed by atoms with van der Waals surface area (Å²) in [4.78, 5) is 10.8. The summed E-state index contributed by atoms with van der Waals surface area (Å²) < 4.78 is 49.4. The molecule has 0 saturated carbocycles. The number of nitrogens with two attached hydrogens (primary N) is 1. The molecule has 0 spiro atoms. The van der Waals surface area contributed by atoms with E-state index in [9.17, 15) is 22.4 Å². The normalized spacial score (nSPS) is 13.3. The Labute approximate surface area is 106 Å². The predicted molar refractivity (Wildman–Crippen MR) is 58.7 cm³/mol. The van der Waals surface area contributed by atoms with Gasteiger partial charge < -0.3 is 16.2 Å². The zero-order valence-electron chi connectivity index (χ0n) is 9.67. The second-order valence-electron chi connectivity index (χ2n) is 3.86. The van der Waals surface area contributed by atoms with E-state index in [0.717, 1.165) is 6.07 Å². The quantitative estimate of drug-likeness (QED) is 0.703. The Bertz CT molecular complexity index is 462. The average molecular weight is 280 g/mol. The molecule has 4 N–H and O–H groups in total. The number of carbonyl (C=O) groups is 1. The van der Waals surface area contributed by atoms with E-state index in [4.69, 9.17) is 10.8 Å². The first-order valence-electron chi connectivity index (χ1n) is 5.25. The highest BCUT2D eigenvalue weighted by molar-refractivity contribution is 5.92. The number of benzene rings is 1. The topological polar surface area (TPSA) is 75.4 Å². The average Bonchev–Trinajstić information content (AvgIpc) is 2.29. The summed E-state index contributed by atoms with van der Waals surface area (Å²) in [6.45, 7) is -0.960. The Balaban J connectivity index is 2.57. The third-order valence-corrected chi connectivity index (χ3v) is 2.37. The van der Waals surface area contributed by atoms with Gasteiger partial charge in [-0.15, -0.1) is 0 Å². The number of hydrogen-bond acceptors (Lipinski definition) is 3. The van der Waals surface area contributed by atoms with Crippen LogP contribution in [0.2, 0.25) is 0 Å². The molecule has 0 radical (unpaired) electrons. The van der Waals surface area contributed by atoms with Crippen molar-refractivity contribution < 1.29 is 27.5 Å². The maximum Gasteiger partial charge on any atom is 0.415 e. The van der Waals surface area contributed by atoms with Crippen LogP contribution in [0.1, 0.15) is 15.9 Å². The molecule has 0 bridgehead atoms. The van der Waals surface area contributed by atoms with Crippen molar-refractivity contribution in [2.24, 2.45) is 5.73 Å². The fourth-order valence-corrected chi connectivity index (χ4v) is 1.30. The smallest absolute Gasteiger partial charge is 0.382 e. The lowest BCUT2D eigenvalue weighted by Crippen LogP contribution is -2.38. The first-order valence-corrected chi connectivity index (χ1v) is 5.25. The SMILES string of the molecule is NC(=O)c1ccc(CNCC(O)C(F)(F)F)c(F)c1. The molecule has 0 heterocycles. The second-order valence-corrected chi connectivity index (χ2v) is 3.86. The zero-order valence-corrected chi connectivity index (χ0v) is 9.67. The molecule has 1 unspecified atom stereocenters. The number of aliphatic hydroxyl groups excluding tert-OH is 1. The van der Waals surface area contributed by atoms with E-state index in [0.29, 0.717) is 0 Å². The van der Waals surface area contributed by atoms with Gasteiger partial charge in [0, 0.05) is 24.2 Å². The van der Waals surface area contributed by atoms with Gasteiger partial charge in [0.2, 0.25) is 5.91 Å². The van der Waals surface area contributed by atoms with E-state index in [1.54, 1.807) is 0 Å². The van der Waals surface area contributed by atoms with Crippen molar-refractivity contribution in [1.29, 1.82) is 0 Å². The van der Waals surface area contributed by atoms with Gasteiger partial charge in [-0.3, -0.25) is 4.79 Å². The lowest BCUT2D eigenvalue weighted by molar-refractivity contribution is -0.201. The van der Waals surface area contributed by atoms with Crippen molar-refractivity contribution >= 4 is 5.91 Å². The van der Waals surface area contributed by atoms with Crippen molar-refractivity contribution in [3.05, 3.63) is 35.1 Å². The lowest BCUT2D eigenvalue weighted by atomic mass is 10.1. The van der Waals surface area contributed by atoms with Crippen molar-refractivity contribution in [1.82, 2.24) is 5.32 Å². The monoisotopic (exact) mass is 280 g/mol. The van der Waals surface area contributed by atoms with Crippen LogP contribution in [0.15, 0.2) is 18.2 Å². The molecule has 19 heavy (non-hydrogen) atoms. The first kappa shape index (κ1) is 15.4. The van der Waals surface area contributed by atoms with E-state index in [-0.39, 0.29) is 17.7 Å². The first-order chi connectivity index (χ1) is 8.71. The van der Waals surface area contributed by atoms with Gasteiger partial charge in [0.1, 0.15) is 5.82 Å². The highest BCUT2D eigenvalue weighted by atomic mass is 19.4. The Hall–Kier alpha value is -1.67. The van der Waals surface area contributed by atoms with Crippen LogP contribution >= 0.6 is 0 Å². The van der Waals surface area contributed by atoms with E-state index >= 15 is 0 Å². The third-order valence-electron chi connectivity index (χ3n) is 2.37. The van der Waals surface area contributed by atoms with E-state index < -0.39 is 30.5 Å². The molecule has 0 aliphatic carbocycles. The largest absolute Gasteiger partial charge is 0.415 e. The van der Waals surface area contributed by atoms with Crippen molar-refractivity contribution in [2.75, 3.05) is 6.54 Å². The number of aliphatic hydroxyl groups is 1. The molecule has 1 rings (SSSR count). The van der Waals surface area contributed by atoms with Gasteiger partial charge >= 0.3 is 6.18 Å². The summed E-state index contributed by atoms with van der Waals surface area (Å²) >= 11 is 0. The number of rotatable bonds is 5. The molecule has 8 heteroatoms. The molecule has 0 aliphatic rings. The van der Waals surface area contributed by atoms with Crippen molar-refractivity contribution in [3.63, 3.8) is 0 Å². The van der Waals surface area contributed by atoms with Gasteiger partial charge in [0.15, 0.2) is 6.10 Å². The Morgan fingerprint density at radius 2 is 2.05 bits per heavy atom. The number of alkyl halides is 3. The van der Waals surface area contributed by atoms with Gasteiger partial charge in [-0.1, -0.05) is 6.07 Å². The van der Waals surface area contributed by atoms with Crippen LogP contribution in [0.5, 0.6) is 0 Å². The molecule has 0 aromatic heterocycles. The molecule has 1 atom stereocenters. The van der Waals surface area contributed by atoms with Crippen LogP contribution in [0, 0.1) is 5.82 Å².